The Hall–Kier alpha value is -2.79. The third-order valence-electron chi connectivity index (χ3n) is 5.13. The number of hydrogen-bond acceptors (Lipinski definition) is 5. The van der Waals surface area contributed by atoms with E-state index in [0.29, 0.717) is 29.0 Å². The van der Waals surface area contributed by atoms with Crippen molar-refractivity contribution in [1.29, 1.82) is 0 Å². The van der Waals surface area contributed by atoms with Crippen molar-refractivity contribution in [1.82, 2.24) is 5.32 Å². The number of carbonyl (C=O) groups excluding carboxylic acids is 1. The summed E-state index contributed by atoms with van der Waals surface area (Å²) in [6.07, 6.45) is 3.65. The molecule has 0 atom stereocenters. The number of carbonyl (C=O) groups is 1. The van der Waals surface area contributed by atoms with Crippen LogP contribution >= 0.6 is 0 Å². The molecular formula is C26H34N2O3. The fourth-order valence-corrected chi connectivity index (χ4v) is 3.50. The van der Waals surface area contributed by atoms with Crippen LogP contribution in [0, 0.1) is 0 Å². The first-order valence-electron chi connectivity index (χ1n) is 11.1. The highest BCUT2D eigenvalue weighted by Gasteiger charge is 2.22. The molecule has 3 rings (SSSR count). The number of unbranched alkanes of at least 4 members (excludes halogenated alkanes) is 1. The van der Waals surface area contributed by atoms with Crippen LogP contribution in [0.3, 0.4) is 0 Å². The van der Waals surface area contributed by atoms with Crippen molar-refractivity contribution >= 4 is 22.4 Å². The number of nitrogen functional groups attached to an aromatic ring is 1. The van der Waals surface area contributed by atoms with E-state index in [2.05, 4.69) is 33.0 Å². The quantitative estimate of drug-likeness (QED) is 0.247. The lowest BCUT2D eigenvalue weighted by Gasteiger charge is -2.20. The molecule has 2 aromatic carbocycles. The molecule has 1 heterocycles. The van der Waals surface area contributed by atoms with E-state index in [1.54, 1.807) is 6.07 Å². The summed E-state index contributed by atoms with van der Waals surface area (Å²) in [7, 11) is 0. The molecule has 31 heavy (non-hydrogen) atoms. The van der Waals surface area contributed by atoms with Gasteiger partial charge in [0.2, 0.25) is 0 Å². The third kappa shape index (κ3) is 6.11. The molecule has 0 bridgehead atoms. The number of rotatable bonds is 10. The molecule has 0 radical (unpaired) electrons. The van der Waals surface area contributed by atoms with Gasteiger partial charge in [0.1, 0.15) is 17.1 Å². The maximum atomic E-state index is 13.4. The number of benzene rings is 2. The number of ether oxygens (including phenoxy) is 1. The van der Waals surface area contributed by atoms with Gasteiger partial charge in [0, 0.05) is 28.6 Å². The monoisotopic (exact) mass is 422 g/mol. The molecule has 3 aromatic rings. The molecule has 0 amide bonds. The van der Waals surface area contributed by atoms with Crippen LogP contribution in [0.15, 0.2) is 46.9 Å². The van der Waals surface area contributed by atoms with E-state index >= 15 is 0 Å². The molecule has 0 saturated heterocycles. The Bertz CT molecular complexity index is 1010. The number of ketones is 1. The molecule has 166 valence electrons. The van der Waals surface area contributed by atoms with Crippen molar-refractivity contribution in [3.63, 3.8) is 0 Å². The van der Waals surface area contributed by atoms with Crippen molar-refractivity contribution in [3.8, 4) is 5.75 Å². The number of nitrogens with two attached hydrogens (primary N) is 1. The first-order valence-corrected chi connectivity index (χ1v) is 11.1. The number of nitrogens with one attached hydrogen (secondary N) is 1. The minimum Gasteiger partial charge on any atom is -0.494 e. The van der Waals surface area contributed by atoms with E-state index in [4.69, 9.17) is 14.9 Å². The van der Waals surface area contributed by atoms with Gasteiger partial charge in [-0.2, -0.15) is 0 Å². The highest BCUT2D eigenvalue weighted by molar-refractivity contribution is 6.17. The zero-order valence-corrected chi connectivity index (χ0v) is 19.1. The lowest BCUT2D eigenvalue weighted by atomic mass is 9.98. The molecule has 0 unspecified atom stereocenters. The Morgan fingerprint density at radius 2 is 1.84 bits per heavy atom. The molecular weight excluding hydrogens is 388 g/mol. The SMILES string of the molecule is CCCCc1oc2ccc(N)cc2c1C(=O)c1ccc(OCCCNC(C)(C)C)cc1. The summed E-state index contributed by atoms with van der Waals surface area (Å²) < 4.78 is 11.8. The minimum absolute atomic E-state index is 0.0450. The zero-order chi connectivity index (χ0) is 22.4. The highest BCUT2D eigenvalue weighted by atomic mass is 16.5. The van der Waals surface area contributed by atoms with Gasteiger partial charge in [0.05, 0.1) is 12.2 Å². The number of anilines is 1. The Morgan fingerprint density at radius 3 is 2.52 bits per heavy atom. The summed E-state index contributed by atoms with van der Waals surface area (Å²) in [5.74, 6) is 1.45. The van der Waals surface area contributed by atoms with Crippen LogP contribution in [-0.4, -0.2) is 24.5 Å². The van der Waals surface area contributed by atoms with Gasteiger partial charge >= 0.3 is 0 Å². The van der Waals surface area contributed by atoms with Crippen LogP contribution in [0.1, 0.15) is 68.6 Å². The highest BCUT2D eigenvalue weighted by Crippen LogP contribution is 2.31. The maximum absolute atomic E-state index is 13.4. The Kier molecular flexibility index (Phi) is 7.39. The molecule has 0 aliphatic heterocycles. The predicted molar refractivity (Wildman–Crippen MR) is 127 cm³/mol. The molecule has 0 saturated carbocycles. The van der Waals surface area contributed by atoms with E-state index in [1.165, 1.54) is 0 Å². The van der Waals surface area contributed by atoms with Crippen LogP contribution in [0.4, 0.5) is 5.69 Å². The topological polar surface area (TPSA) is 77.5 Å². The van der Waals surface area contributed by atoms with Crippen LogP contribution in [-0.2, 0) is 6.42 Å². The summed E-state index contributed by atoms with van der Waals surface area (Å²) in [6, 6.07) is 12.8. The van der Waals surface area contributed by atoms with Crippen LogP contribution in [0.25, 0.3) is 11.0 Å². The lowest BCUT2D eigenvalue weighted by Crippen LogP contribution is -2.36. The van der Waals surface area contributed by atoms with E-state index in [0.717, 1.165) is 49.1 Å². The largest absolute Gasteiger partial charge is 0.494 e. The maximum Gasteiger partial charge on any atom is 0.197 e. The molecule has 5 heteroatoms. The first-order chi connectivity index (χ1) is 14.8. The summed E-state index contributed by atoms with van der Waals surface area (Å²) in [6.45, 7) is 10.1. The Labute approximate surface area is 185 Å². The van der Waals surface area contributed by atoms with E-state index < -0.39 is 0 Å². The molecule has 0 aliphatic rings. The van der Waals surface area contributed by atoms with Crippen LogP contribution in [0.5, 0.6) is 5.75 Å². The summed E-state index contributed by atoms with van der Waals surface area (Å²) >= 11 is 0. The average molecular weight is 423 g/mol. The van der Waals surface area contributed by atoms with Crippen LogP contribution < -0.4 is 15.8 Å². The average Bonchev–Trinajstić information content (AvgIpc) is 3.08. The second-order valence-corrected chi connectivity index (χ2v) is 8.99. The lowest BCUT2D eigenvalue weighted by molar-refractivity contribution is 0.103. The summed E-state index contributed by atoms with van der Waals surface area (Å²) in [5, 5.41) is 4.22. The summed E-state index contributed by atoms with van der Waals surface area (Å²) in [4.78, 5) is 13.4. The van der Waals surface area contributed by atoms with Crippen LogP contribution in [0.2, 0.25) is 0 Å². The normalized spacial score (nSPS) is 11.7. The number of hydrogen-bond donors (Lipinski definition) is 2. The van der Waals surface area contributed by atoms with E-state index in [9.17, 15) is 4.79 Å². The second kappa shape index (κ2) is 10.0. The van der Waals surface area contributed by atoms with Gasteiger partial charge < -0.3 is 20.2 Å². The molecule has 0 spiro atoms. The Morgan fingerprint density at radius 1 is 1.10 bits per heavy atom. The number of furan rings is 1. The first kappa shape index (κ1) is 22.9. The summed E-state index contributed by atoms with van der Waals surface area (Å²) in [5.41, 5.74) is 8.65. The predicted octanol–water partition coefficient (Wildman–Crippen LogP) is 5.75. The fraction of sp³-hybridized carbons (Fsp3) is 0.423. The zero-order valence-electron chi connectivity index (χ0n) is 19.1. The van der Waals surface area contributed by atoms with Crippen molar-refractivity contribution < 1.29 is 13.9 Å². The van der Waals surface area contributed by atoms with Gasteiger partial charge in [-0.1, -0.05) is 13.3 Å². The standard InChI is InChI=1S/C26H34N2O3/c1-5-6-8-23-24(21-17-19(27)11-14-22(21)31-23)25(29)18-9-12-20(13-10-18)30-16-7-15-28-26(2,3)4/h9-14,17,28H,5-8,15-16,27H2,1-4H3. The van der Waals surface area contributed by atoms with Gasteiger partial charge in [-0.25, -0.2) is 0 Å². The number of aryl methyl sites for hydroxylation is 1. The molecule has 3 N–H and O–H groups in total. The second-order valence-electron chi connectivity index (χ2n) is 8.99. The smallest absolute Gasteiger partial charge is 0.197 e. The fourth-order valence-electron chi connectivity index (χ4n) is 3.50. The molecule has 0 aliphatic carbocycles. The van der Waals surface area contributed by atoms with Gasteiger partial charge in [0.15, 0.2) is 5.78 Å². The van der Waals surface area contributed by atoms with Crippen molar-refractivity contribution in [3.05, 3.63) is 59.4 Å². The van der Waals surface area contributed by atoms with Gasteiger partial charge in [-0.05, 0) is 82.6 Å². The van der Waals surface area contributed by atoms with Gasteiger partial charge in [-0.15, -0.1) is 0 Å². The van der Waals surface area contributed by atoms with E-state index in [-0.39, 0.29) is 11.3 Å². The van der Waals surface area contributed by atoms with Crippen molar-refractivity contribution in [2.24, 2.45) is 0 Å². The molecule has 1 aromatic heterocycles. The third-order valence-corrected chi connectivity index (χ3v) is 5.13. The van der Waals surface area contributed by atoms with E-state index in [1.807, 2.05) is 36.4 Å². The Balaban J connectivity index is 1.72. The van der Waals surface area contributed by atoms with Gasteiger partial charge in [0.25, 0.3) is 0 Å². The molecule has 0 fully saturated rings. The van der Waals surface area contributed by atoms with Gasteiger partial charge in [-0.3, -0.25) is 4.79 Å². The van der Waals surface area contributed by atoms with Crippen molar-refractivity contribution in [2.75, 3.05) is 18.9 Å². The molecule has 5 nitrogen and oxygen atoms in total. The number of fused-ring (bicyclic) bond motifs is 1. The van der Waals surface area contributed by atoms with Crippen molar-refractivity contribution in [2.45, 2.75) is 58.9 Å². The minimum atomic E-state index is -0.0450.